The van der Waals surface area contributed by atoms with Crippen molar-refractivity contribution in [2.75, 3.05) is 6.61 Å². The normalized spacial score (nSPS) is 19.2. The summed E-state index contributed by atoms with van der Waals surface area (Å²) in [5.41, 5.74) is -0.380. The minimum atomic E-state index is -0.819. The second kappa shape index (κ2) is 8.37. The molecule has 1 unspecified atom stereocenters. The van der Waals surface area contributed by atoms with E-state index in [-0.39, 0.29) is 42.7 Å². The molecule has 5 nitrogen and oxygen atoms in total. The average Bonchev–Trinajstić information content (AvgIpc) is 2.37. The molecular formula is C16H29NO4. The molecule has 1 atom stereocenters. The van der Waals surface area contributed by atoms with Gasteiger partial charge in [-0.3, -0.25) is 9.59 Å². The standard InChI is InChI=1S/C16H29NO4/c1-12(2)13(6-9-18)17-14(19)10-16(11-15(20)21)7-4-3-5-8-16/h12-13,18H,3-11H2,1-2H3,(H,17,19)(H,20,21). The molecule has 0 aromatic carbocycles. The minimum Gasteiger partial charge on any atom is -0.481 e. The largest absolute Gasteiger partial charge is 0.481 e. The van der Waals surface area contributed by atoms with Gasteiger partial charge in [-0.2, -0.15) is 0 Å². The molecule has 1 fully saturated rings. The number of carbonyl (C=O) groups is 2. The molecule has 3 N–H and O–H groups in total. The van der Waals surface area contributed by atoms with Crippen molar-refractivity contribution in [1.29, 1.82) is 0 Å². The van der Waals surface area contributed by atoms with Gasteiger partial charge >= 0.3 is 5.97 Å². The zero-order chi connectivity index (χ0) is 15.9. The van der Waals surface area contributed by atoms with E-state index in [1.807, 2.05) is 13.8 Å². The highest BCUT2D eigenvalue weighted by molar-refractivity contribution is 5.78. The lowest BCUT2D eigenvalue weighted by molar-refractivity contribution is -0.141. The van der Waals surface area contributed by atoms with Gasteiger partial charge in [-0.25, -0.2) is 0 Å². The van der Waals surface area contributed by atoms with E-state index >= 15 is 0 Å². The van der Waals surface area contributed by atoms with E-state index in [1.165, 1.54) is 0 Å². The summed E-state index contributed by atoms with van der Waals surface area (Å²) in [6.07, 6.45) is 5.67. The lowest BCUT2D eigenvalue weighted by Gasteiger charge is -2.36. The summed E-state index contributed by atoms with van der Waals surface area (Å²) in [6.45, 7) is 4.06. The number of carboxylic acid groups (broad SMARTS) is 1. The predicted octanol–water partition coefficient (Wildman–Crippen LogP) is 2.32. The maximum atomic E-state index is 12.3. The number of aliphatic hydroxyl groups excluding tert-OH is 1. The molecule has 0 radical (unpaired) electrons. The van der Waals surface area contributed by atoms with Crippen LogP contribution in [0.5, 0.6) is 0 Å². The molecule has 1 rings (SSSR count). The van der Waals surface area contributed by atoms with Crippen molar-refractivity contribution in [2.24, 2.45) is 11.3 Å². The molecule has 1 aliphatic rings. The molecule has 0 spiro atoms. The Hall–Kier alpha value is -1.10. The average molecular weight is 299 g/mol. The molecule has 1 aliphatic carbocycles. The summed E-state index contributed by atoms with van der Waals surface area (Å²) in [7, 11) is 0. The van der Waals surface area contributed by atoms with Gasteiger partial charge < -0.3 is 15.5 Å². The van der Waals surface area contributed by atoms with Crippen LogP contribution in [-0.2, 0) is 9.59 Å². The number of aliphatic hydroxyl groups is 1. The summed E-state index contributed by atoms with van der Waals surface area (Å²) in [5.74, 6) is -0.645. The highest BCUT2D eigenvalue weighted by Gasteiger charge is 2.36. The lowest BCUT2D eigenvalue weighted by Crippen LogP contribution is -2.42. The van der Waals surface area contributed by atoms with E-state index < -0.39 is 5.97 Å². The summed E-state index contributed by atoms with van der Waals surface area (Å²) in [5, 5.41) is 21.2. The molecule has 0 aromatic rings. The van der Waals surface area contributed by atoms with Crippen LogP contribution >= 0.6 is 0 Å². The Bertz CT molecular complexity index is 348. The molecule has 21 heavy (non-hydrogen) atoms. The number of aliphatic carboxylic acids is 1. The number of nitrogens with one attached hydrogen (secondary N) is 1. The van der Waals surface area contributed by atoms with Gasteiger partial charge in [0.05, 0.1) is 6.42 Å². The minimum absolute atomic E-state index is 0.0450. The van der Waals surface area contributed by atoms with Crippen LogP contribution in [0.2, 0.25) is 0 Å². The van der Waals surface area contributed by atoms with Crippen LogP contribution in [-0.4, -0.2) is 34.7 Å². The fourth-order valence-corrected chi connectivity index (χ4v) is 3.35. The second-order valence-corrected chi connectivity index (χ2v) is 6.74. The zero-order valence-electron chi connectivity index (χ0n) is 13.2. The van der Waals surface area contributed by atoms with Crippen LogP contribution in [0, 0.1) is 11.3 Å². The van der Waals surface area contributed by atoms with E-state index in [9.17, 15) is 9.59 Å². The van der Waals surface area contributed by atoms with Gasteiger partial charge in [0.25, 0.3) is 0 Å². The fourth-order valence-electron chi connectivity index (χ4n) is 3.35. The summed E-state index contributed by atoms with van der Waals surface area (Å²) in [4.78, 5) is 23.4. The summed E-state index contributed by atoms with van der Waals surface area (Å²) in [6, 6.07) is -0.0482. The van der Waals surface area contributed by atoms with Crippen LogP contribution in [0.3, 0.4) is 0 Å². The number of carboxylic acids is 1. The van der Waals surface area contributed by atoms with Crippen molar-refractivity contribution in [3.05, 3.63) is 0 Å². The molecular weight excluding hydrogens is 270 g/mol. The van der Waals surface area contributed by atoms with Crippen LogP contribution in [0.25, 0.3) is 0 Å². The van der Waals surface area contributed by atoms with Crippen molar-refractivity contribution in [2.45, 2.75) is 71.3 Å². The van der Waals surface area contributed by atoms with Crippen molar-refractivity contribution in [1.82, 2.24) is 5.32 Å². The Labute approximate surface area is 127 Å². The SMILES string of the molecule is CC(C)C(CCO)NC(=O)CC1(CC(=O)O)CCCCC1. The van der Waals surface area contributed by atoms with Gasteiger partial charge in [0.15, 0.2) is 0 Å². The van der Waals surface area contributed by atoms with Crippen LogP contribution < -0.4 is 5.32 Å². The predicted molar refractivity (Wildman–Crippen MR) is 80.9 cm³/mol. The Morgan fingerprint density at radius 2 is 1.76 bits per heavy atom. The van der Waals surface area contributed by atoms with Gasteiger partial charge in [0, 0.05) is 19.1 Å². The van der Waals surface area contributed by atoms with E-state index in [0.29, 0.717) is 6.42 Å². The van der Waals surface area contributed by atoms with Crippen molar-refractivity contribution in [3.8, 4) is 0 Å². The number of rotatable bonds is 8. The highest BCUT2D eigenvalue weighted by Crippen LogP contribution is 2.42. The maximum Gasteiger partial charge on any atom is 0.303 e. The maximum absolute atomic E-state index is 12.3. The monoisotopic (exact) mass is 299 g/mol. The van der Waals surface area contributed by atoms with E-state index in [4.69, 9.17) is 10.2 Å². The Balaban J connectivity index is 2.64. The Kier molecular flexibility index (Phi) is 7.15. The first-order chi connectivity index (χ1) is 9.88. The van der Waals surface area contributed by atoms with Crippen molar-refractivity contribution >= 4 is 11.9 Å². The van der Waals surface area contributed by atoms with E-state index in [2.05, 4.69) is 5.32 Å². The summed E-state index contributed by atoms with van der Waals surface area (Å²) < 4.78 is 0. The topological polar surface area (TPSA) is 86.6 Å². The quantitative estimate of drug-likeness (QED) is 0.642. The molecule has 0 aliphatic heterocycles. The molecule has 122 valence electrons. The molecule has 0 bridgehead atoms. The molecule has 0 heterocycles. The van der Waals surface area contributed by atoms with Gasteiger partial charge in [-0.05, 0) is 30.6 Å². The summed E-state index contributed by atoms with van der Waals surface area (Å²) >= 11 is 0. The molecule has 1 saturated carbocycles. The first kappa shape index (κ1) is 18.0. The Morgan fingerprint density at radius 3 is 2.24 bits per heavy atom. The first-order valence-corrected chi connectivity index (χ1v) is 8.00. The van der Waals surface area contributed by atoms with Gasteiger partial charge in [-0.15, -0.1) is 0 Å². The second-order valence-electron chi connectivity index (χ2n) is 6.74. The number of carbonyl (C=O) groups excluding carboxylic acids is 1. The molecule has 0 aromatic heterocycles. The Morgan fingerprint density at radius 1 is 1.14 bits per heavy atom. The lowest BCUT2D eigenvalue weighted by atomic mass is 9.69. The number of amides is 1. The fraction of sp³-hybridized carbons (Fsp3) is 0.875. The van der Waals surface area contributed by atoms with Crippen LogP contribution in [0.15, 0.2) is 0 Å². The van der Waals surface area contributed by atoms with Gasteiger partial charge in [0.1, 0.15) is 0 Å². The third-order valence-electron chi connectivity index (χ3n) is 4.57. The number of hydrogen-bond acceptors (Lipinski definition) is 3. The van der Waals surface area contributed by atoms with Crippen LogP contribution in [0.1, 0.15) is 65.2 Å². The highest BCUT2D eigenvalue weighted by atomic mass is 16.4. The van der Waals surface area contributed by atoms with E-state index in [1.54, 1.807) is 0 Å². The molecule has 1 amide bonds. The third kappa shape index (κ3) is 6.04. The third-order valence-corrected chi connectivity index (χ3v) is 4.57. The zero-order valence-corrected chi connectivity index (χ0v) is 13.2. The van der Waals surface area contributed by atoms with Crippen molar-refractivity contribution < 1.29 is 19.8 Å². The van der Waals surface area contributed by atoms with Gasteiger partial charge in [0.2, 0.25) is 5.91 Å². The van der Waals surface area contributed by atoms with Crippen molar-refractivity contribution in [3.63, 3.8) is 0 Å². The molecule has 5 heteroatoms. The first-order valence-electron chi connectivity index (χ1n) is 8.00. The number of hydrogen-bond donors (Lipinski definition) is 3. The van der Waals surface area contributed by atoms with Crippen LogP contribution in [0.4, 0.5) is 0 Å². The smallest absolute Gasteiger partial charge is 0.303 e. The van der Waals surface area contributed by atoms with Gasteiger partial charge in [-0.1, -0.05) is 33.1 Å². The van der Waals surface area contributed by atoms with E-state index in [0.717, 1.165) is 32.1 Å². The molecule has 0 saturated heterocycles.